The van der Waals surface area contributed by atoms with Gasteiger partial charge in [-0.15, -0.1) is 0 Å². The third-order valence-electron chi connectivity index (χ3n) is 9.54. The SMILES string of the molecule is CC1(C(=O)O)Cc2cccc(NC(=O)C(c3ccc(CC4CN(c5ccccc5)NCC4=O)cc3)C3CCCC3)c2C1. The molecule has 2 fully saturated rings. The van der Waals surface area contributed by atoms with Crippen molar-refractivity contribution in [1.82, 2.24) is 5.43 Å². The molecule has 3 aliphatic rings. The first kappa shape index (κ1) is 28.2. The lowest BCUT2D eigenvalue weighted by Crippen LogP contribution is -2.52. The van der Waals surface area contributed by atoms with E-state index in [2.05, 4.69) is 40.0 Å². The molecule has 7 heteroatoms. The molecule has 0 aromatic heterocycles. The van der Waals surface area contributed by atoms with Crippen molar-refractivity contribution < 1.29 is 19.5 Å². The molecule has 3 atom stereocenters. The van der Waals surface area contributed by atoms with Crippen LogP contribution in [0.1, 0.15) is 60.8 Å². The van der Waals surface area contributed by atoms with E-state index >= 15 is 0 Å². The second kappa shape index (κ2) is 11.7. The van der Waals surface area contributed by atoms with Crippen LogP contribution in [0.4, 0.5) is 11.4 Å². The molecule has 1 saturated carbocycles. The van der Waals surface area contributed by atoms with Crippen molar-refractivity contribution in [2.24, 2.45) is 17.3 Å². The zero-order chi connectivity index (χ0) is 29.3. The van der Waals surface area contributed by atoms with E-state index in [1.54, 1.807) is 6.92 Å². The van der Waals surface area contributed by atoms with Gasteiger partial charge in [-0.2, -0.15) is 0 Å². The van der Waals surface area contributed by atoms with Crippen LogP contribution in [0.5, 0.6) is 0 Å². The monoisotopic (exact) mass is 565 g/mol. The maximum atomic E-state index is 13.9. The summed E-state index contributed by atoms with van der Waals surface area (Å²) < 4.78 is 0. The van der Waals surface area contributed by atoms with Gasteiger partial charge in [0.2, 0.25) is 5.91 Å². The Kier molecular flexibility index (Phi) is 7.86. The lowest BCUT2D eigenvalue weighted by atomic mass is 9.83. The Morgan fingerprint density at radius 1 is 1.00 bits per heavy atom. The number of nitrogens with zero attached hydrogens (tertiary/aromatic N) is 1. The second-order valence-corrected chi connectivity index (χ2v) is 12.6. The number of rotatable bonds is 8. The number of carbonyl (C=O) groups excluding carboxylic acids is 2. The maximum Gasteiger partial charge on any atom is 0.310 e. The van der Waals surface area contributed by atoms with Crippen LogP contribution in [0.25, 0.3) is 0 Å². The van der Waals surface area contributed by atoms with Crippen molar-refractivity contribution in [2.45, 2.75) is 57.8 Å². The molecule has 1 saturated heterocycles. The Labute approximate surface area is 247 Å². The number of hydrazine groups is 1. The number of benzene rings is 3. The normalized spacial score (nSPS) is 23.0. The lowest BCUT2D eigenvalue weighted by molar-refractivity contribution is -0.147. The molecule has 6 rings (SSSR count). The molecular weight excluding hydrogens is 526 g/mol. The van der Waals surface area contributed by atoms with Crippen LogP contribution in [0.2, 0.25) is 0 Å². The summed E-state index contributed by atoms with van der Waals surface area (Å²) in [6.45, 7) is 2.71. The van der Waals surface area contributed by atoms with E-state index in [1.165, 1.54) is 0 Å². The summed E-state index contributed by atoms with van der Waals surface area (Å²) in [5.74, 6) is -0.745. The Hall–Kier alpha value is -3.97. The number of carboxylic acid groups (broad SMARTS) is 1. The summed E-state index contributed by atoms with van der Waals surface area (Å²) in [6.07, 6.45) is 5.82. The van der Waals surface area contributed by atoms with Crippen molar-refractivity contribution in [3.05, 3.63) is 95.1 Å². The van der Waals surface area contributed by atoms with Crippen LogP contribution in [-0.2, 0) is 33.6 Å². The molecule has 1 aliphatic heterocycles. The zero-order valence-corrected chi connectivity index (χ0v) is 24.1. The van der Waals surface area contributed by atoms with Gasteiger partial charge in [0.15, 0.2) is 5.78 Å². The number of carboxylic acids is 1. The molecule has 0 spiro atoms. The maximum absolute atomic E-state index is 13.9. The molecule has 42 heavy (non-hydrogen) atoms. The number of para-hydroxylation sites is 1. The number of fused-ring (bicyclic) bond motifs is 1. The number of anilines is 2. The Morgan fingerprint density at radius 2 is 1.74 bits per heavy atom. The van der Waals surface area contributed by atoms with E-state index < -0.39 is 11.4 Å². The van der Waals surface area contributed by atoms with Crippen molar-refractivity contribution in [3.8, 4) is 0 Å². The van der Waals surface area contributed by atoms with E-state index in [0.29, 0.717) is 32.4 Å². The first-order valence-electron chi connectivity index (χ1n) is 15.1. The summed E-state index contributed by atoms with van der Waals surface area (Å²) in [7, 11) is 0. The van der Waals surface area contributed by atoms with Crippen LogP contribution in [0.3, 0.4) is 0 Å². The molecule has 3 N–H and O–H groups in total. The van der Waals surface area contributed by atoms with Crippen LogP contribution in [0, 0.1) is 17.3 Å². The minimum Gasteiger partial charge on any atom is -0.481 e. The zero-order valence-electron chi connectivity index (χ0n) is 24.1. The summed E-state index contributed by atoms with van der Waals surface area (Å²) in [4.78, 5) is 38.6. The van der Waals surface area contributed by atoms with Crippen molar-refractivity contribution in [3.63, 3.8) is 0 Å². The molecular formula is C35H39N3O4. The second-order valence-electron chi connectivity index (χ2n) is 12.6. The smallest absolute Gasteiger partial charge is 0.310 e. The van der Waals surface area contributed by atoms with Crippen molar-refractivity contribution >= 4 is 29.0 Å². The number of nitrogens with one attached hydrogen (secondary N) is 2. The van der Waals surface area contributed by atoms with Crippen LogP contribution >= 0.6 is 0 Å². The third kappa shape index (κ3) is 5.71. The molecule has 2 aliphatic carbocycles. The summed E-state index contributed by atoms with van der Waals surface area (Å²) in [5, 5.41) is 15.1. The Bertz CT molecular complexity index is 1470. The quantitative estimate of drug-likeness (QED) is 0.332. The van der Waals surface area contributed by atoms with E-state index in [9.17, 15) is 19.5 Å². The van der Waals surface area contributed by atoms with Crippen LogP contribution in [-0.4, -0.2) is 35.9 Å². The molecule has 218 valence electrons. The van der Waals surface area contributed by atoms with Gasteiger partial charge in [-0.25, -0.2) is 5.43 Å². The van der Waals surface area contributed by atoms with E-state index in [4.69, 9.17) is 0 Å². The number of amides is 1. The first-order valence-corrected chi connectivity index (χ1v) is 15.1. The Balaban J connectivity index is 1.18. The van der Waals surface area contributed by atoms with Gasteiger partial charge in [0.05, 0.1) is 23.6 Å². The fourth-order valence-electron chi connectivity index (χ4n) is 7.12. The molecule has 0 radical (unpaired) electrons. The number of aliphatic carboxylic acids is 1. The number of carbonyl (C=O) groups is 3. The number of Topliss-reactive ketones (excluding diaryl/α,β-unsaturated/α-hetero) is 1. The van der Waals surface area contributed by atoms with Gasteiger partial charge in [-0.3, -0.25) is 14.4 Å². The summed E-state index contributed by atoms with van der Waals surface area (Å²) >= 11 is 0. The fraction of sp³-hybridized carbons (Fsp3) is 0.400. The minimum atomic E-state index is -0.849. The topological polar surface area (TPSA) is 98.7 Å². The Morgan fingerprint density at radius 3 is 2.45 bits per heavy atom. The molecule has 1 heterocycles. The summed E-state index contributed by atoms with van der Waals surface area (Å²) in [5.41, 5.74) is 8.17. The highest BCUT2D eigenvalue weighted by molar-refractivity contribution is 5.97. The largest absolute Gasteiger partial charge is 0.481 e. The highest BCUT2D eigenvalue weighted by atomic mass is 16.4. The van der Waals surface area contributed by atoms with Crippen molar-refractivity contribution in [2.75, 3.05) is 23.4 Å². The molecule has 3 aromatic carbocycles. The van der Waals surface area contributed by atoms with Gasteiger partial charge >= 0.3 is 5.97 Å². The third-order valence-corrected chi connectivity index (χ3v) is 9.54. The minimum absolute atomic E-state index is 0.0287. The van der Waals surface area contributed by atoms with E-state index in [-0.39, 0.29) is 29.4 Å². The molecule has 0 bridgehead atoms. The number of ketones is 1. The first-order chi connectivity index (χ1) is 20.3. The fourth-order valence-corrected chi connectivity index (χ4v) is 7.12. The van der Waals surface area contributed by atoms with Crippen LogP contribution in [0.15, 0.2) is 72.8 Å². The average molecular weight is 566 g/mol. The van der Waals surface area contributed by atoms with Crippen LogP contribution < -0.4 is 15.8 Å². The summed E-state index contributed by atoms with van der Waals surface area (Å²) in [6, 6.07) is 24.1. The average Bonchev–Trinajstić information content (AvgIpc) is 3.64. The van der Waals surface area contributed by atoms with E-state index in [1.807, 2.05) is 48.5 Å². The number of hydrogen-bond acceptors (Lipinski definition) is 5. The molecule has 7 nitrogen and oxygen atoms in total. The number of hydrogen-bond donors (Lipinski definition) is 3. The highest BCUT2D eigenvalue weighted by Gasteiger charge is 2.41. The predicted molar refractivity (Wildman–Crippen MR) is 163 cm³/mol. The lowest BCUT2D eigenvalue weighted by Gasteiger charge is -2.34. The van der Waals surface area contributed by atoms with Gasteiger partial charge in [-0.1, -0.05) is 67.4 Å². The highest BCUT2D eigenvalue weighted by Crippen LogP contribution is 2.42. The van der Waals surface area contributed by atoms with Gasteiger partial charge in [-0.05, 0) is 85.4 Å². The molecule has 3 unspecified atom stereocenters. The standard InChI is InChI=1S/C35H39N3O4/c1-35(34(41)42)19-26-10-7-13-30(29(26)20-35)37-33(40)32(24-8-5-6-9-24)25-16-14-23(15-17-25)18-27-22-38(36-21-31(27)39)28-11-3-2-4-12-28/h2-4,7,10-17,24,27,32,36H,5-6,8-9,18-22H2,1H3,(H,37,40)(H,41,42). The van der Waals surface area contributed by atoms with Gasteiger partial charge < -0.3 is 15.4 Å². The van der Waals surface area contributed by atoms with Crippen molar-refractivity contribution in [1.29, 1.82) is 0 Å². The van der Waals surface area contributed by atoms with E-state index in [0.717, 1.165) is 59.3 Å². The molecule has 1 amide bonds. The predicted octanol–water partition coefficient (Wildman–Crippen LogP) is 5.54. The van der Waals surface area contributed by atoms with Gasteiger partial charge in [0, 0.05) is 18.2 Å². The van der Waals surface area contributed by atoms with Gasteiger partial charge in [0.25, 0.3) is 0 Å². The molecule has 3 aromatic rings. The van der Waals surface area contributed by atoms with Gasteiger partial charge in [0.1, 0.15) is 0 Å².